The van der Waals surface area contributed by atoms with E-state index >= 15 is 0 Å². The monoisotopic (exact) mass is 296 g/mol. The number of anilines is 1. The van der Waals surface area contributed by atoms with Crippen LogP contribution in [0.4, 0.5) is 5.82 Å². The molecule has 0 bridgehead atoms. The molecule has 4 nitrogen and oxygen atoms in total. The first-order valence-electron chi connectivity index (χ1n) is 5.44. The van der Waals surface area contributed by atoms with Crippen molar-refractivity contribution >= 4 is 34.9 Å². The molecule has 0 aliphatic heterocycles. The van der Waals surface area contributed by atoms with Gasteiger partial charge in [-0.1, -0.05) is 29.3 Å². The second-order valence-electron chi connectivity index (χ2n) is 3.63. The van der Waals surface area contributed by atoms with Gasteiger partial charge in [0.2, 0.25) is 0 Å². The number of nitrogens with zero attached hydrogens (tertiary/aromatic N) is 1. The zero-order valence-corrected chi connectivity index (χ0v) is 11.3. The number of amides is 1. The summed E-state index contributed by atoms with van der Waals surface area (Å²) in [6, 6.07) is 10.0. The first kappa shape index (κ1) is 13.6. The second kappa shape index (κ2) is 6.41. The third-order valence-corrected chi connectivity index (χ3v) is 2.93. The van der Waals surface area contributed by atoms with Crippen molar-refractivity contribution < 1.29 is 9.53 Å². The van der Waals surface area contributed by atoms with E-state index in [0.717, 1.165) is 0 Å². The maximum absolute atomic E-state index is 11.6. The fraction of sp³-hybridized carbons (Fsp3) is 0.0769. The lowest BCUT2D eigenvalue weighted by Gasteiger charge is -2.07. The number of benzene rings is 1. The first-order chi connectivity index (χ1) is 9.15. The van der Waals surface area contributed by atoms with E-state index in [9.17, 15) is 4.79 Å². The van der Waals surface area contributed by atoms with E-state index in [1.54, 1.807) is 42.6 Å². The summed E-state index contributed by atoms with van der Waals surface area (Å²) >= 11 is 11.6. The summed E-state index contributed by atoms with van der Waals surface area (Å²) in [5.74, 6) is 0.653. The molecule has 0 fully saturated rings. The van der Waals surface area contributed by atoms with E-state index in [1.807, 2.05) is 0 Å². The minimum atomic E-state index is -0.301. The van der Waals surface area contributed by atoms with Gasteiger partial charge in [-0.25, -0.2) is 4.98 Å². The van der Waals surface area contributed by atoms with E-state index in [0.29, 0.717) is 21.6 Å². The average Bonchev–Trinajstić information content (AvgIpc) is 2.41. The van der Waals surface area contributed by atoms with Crippen LogP contribution in [0.2, 0.25) is 10.0 Å². The number of carbonyl (C=O) groups excluding carboxylic acids is 1. The van der Waals surface area contributed by atoms with Gasteiger partial charge in [0.15, 0.2) is 6.61 Å². The van der Waals surface area contributed by atoms with Crippen LogP contribution in [0.5, 0.6) is 5.75 Å². The highest BCUT2D eigenvalue weighted by Crippen LogP contribution is 2.26. The summed E-state index contributed by atoms with van der Waals surface area (Å²) in [5.41, 5.74) is 0. The fourth-order valence-electron chi connectivity index (χ4n) is 1.33. The molecule has 0 unspecified atom stereocenters. The van der Waals surface area contributed by atoms with E-state index < -0.39 is 0 Å². The smallest absolute Gasteiger partial charge is 0.263 e. The molecule has 98 valence electrons. The molecule has 0 atom stereocenters. The van der Waals surface area contributed by atoms with Crippen molar-refractivity contribution in [3.05, 3.63) is 52.6 Å². The lowest BCUT2D eigenvalue weighted by atomic mass is 10.3. The Morgan fingerprint density at radius 1 is 1.21 bits per heavy atom. The van der Waals surface area contributed by atoms with Crippen molar-refractivity contribution in [2.75, 3.05) is 11.9 Å². The third-order valence-electron chi connectivity index (χ3n) is 2.19. The van der Waals surface area contributed by atoms with Gasteiger partial charge in [-0.05, 0) is 24.3 Å². The van der Waals surface area contributed by atoms with Crippen LogP contribution >= 0.6 is 23.2 Å². The highest BCUT2D eigenvalue weighted by atomic mass is 35.5. The Kier molecular flexibility index (Phi) is 4.60. The molecule has 1 N–H and O–H groups in total. The van der Waals surface area contributed by atoms with E-state index in [2.05, 4.69) is 10.3 Å². The van der Waals surface area contributed by atoms with Crippen LogP contribution in [0.1, 0.15) is 0 Å². The van der Waals surface area contributed by atoms with Gasteiger partial charge < -0.3 is 10.1 Å². The molecular weight excluding hydrogens is 287 g/mol. The van der Waals surface area contributed by atoms with Crippen molar-refractivity contribution in [2.45, 2.75) is 0 Å². The van der Waals surface area contributed by atoms with Gasteiger partial charge in [-0.15, -0.1) is 0 Å². The highest BCUT2D eigenvalue weighted by molar-refractivity contribution is 6.42. The number of nitrogens with one attached hydrogen (secondary N) is 1. The van der Waals surface area contributed by atoms with Gasteiger partial charge in [0, 0.05) is 12.3 Å². The van der Waals surface area contributed by atoms with Crippen LogP contribution in [-0.2, 0) is 4.79 Å². The molecular formula is C13H10Cl2N2O2. The topological polar surface area (TPSA) is 51.2 Å². The number of hydrogen-bond donors (Lipinski definition) is 1. The number of pyridine rings is 1. The van der Waals surface area contributed by atoms with Crippen LogP contribution in [0.25, 0.3) is 0 Å². The largest absolute Gasteiger partial charge is 0.484 e. The van der Waals surface area contributed by atoms with Crippen molar-refractivity contribution in [3.8, 4) is 5.75 Å². The molecule has 2 aromatic rings. The van der Waals surface area contributed by atoms with Gasteiger partial charge in [0.1, 0.15) is 11.6 Å². The van der Waals surface area contributed by atoms with Crippen molar-refractivity contribution in [3.63, 3.8) is 0 Å². The van der Waals surface area contributed by atoms with E-state index in [-0.39, 0.29) is 12.5 Å². The first-order valence-corrected chi connectivity index (χ1v) is 6.19. The number of rotatable bonds is 4. The molecule has 0 aliphatic rings. The van der Waals surface area contributed by atoms with Crippen molar-refractivity contribution in [1.82, 2.24) is 4.98 Å². The summed E-state index contributed by atoms with van der Waals surface area (Å²) in [5, 5.41) is 3.42. The Balaban J connectivity index is 1.88. The Morgan fingerprint density at radius 2 is 2.05 bits per heavy atom. The normalized spacial score (nSPS) is 10.0. The maximum atomic E-state index is 11.6. The Morgan fingerprint density at radius 3 is 2.74 bits per heavy atom. The summed E-state index contributed by atoms with van der Waals surface area (Å²) in [7, 11) is 0. The van der Waals surface area contributed by atoms with Gasteiger partial charge in [0.25, 0.3) is 5.91 Å². The van der Waals surface area contributed by atoms with Crippen molar-refractivity contribution in [2.24, 2.45) is 0 Å². The summed E-state index contributed by atoms with van der Waals surface area (Å²) in [6.45, 7) is -0.130. The molecule has 19 heavy (non-hydrogen) atoms. The predicted octanol–water partition coefficient (Wildman–Crippen LogP) is 3.41. The molecule has 6 heteroatoms. The fourth-order valence-corrected chi connectivity index (χ4v) is 1.62. The standard InChI is InChI=1S/C13H10Cl2N2O2/c14-10-5-4-9(7-11(10)15)19-8-13(18)17-12-3-1-2-6-16-12/h1-7H,8H2,(H,16,17,18). The molecule has 1 heterocycles. The molecule has 0 aliphatic carbocycles. The lowest BCUT2D eigenvalue weighted by molar-refractivity contribution is -0.118. The molecule has 0 radical (unpaired) electrons. The zero-order valence-electron chi connectivity index (χ0n) is 9.77. The number of aromatic nitrogens is 1. The molecule has 1 aromatic carbocycles. The minimum absolute atomic E-state index is 0.130. The molecule has 1 aromatic heterocycles. The number of carbonyl (C=O) groups is 1. The quantitative estimate of drug-likeness (QED) is 0.941. The molecule has 0 saturated heterocycles. The molecule has 0 spiro atoms. The Bertz CT molecular complexity index is 576. The van der Waals surface area contributed by atoms with E-state index in [1.165, 1.54) is 0 Å². The Labute approximate surface area is 120 Å². The molecule has 1 amide bonds. The van der Waals surface area contributed by atoms with E-state index in [4.69, 9.17) is 27.9 Å². The summed E-state index contributed by atoms with van der Waals surface area (Å²) in [6.07, 6.45) is 1.59. The zero-order chi connectivity index (χ0) is 13.7. The highest BCUT2D eigenvalue weighted by Gasteiger charge is 2.05. The second-order valence-corrected chi connectivity index (χ2v) is 4.44. The van der Waals surface area contributed by atoms with Gasteiger partial charge >= 0.3 is 0 Å². The summed E-state index contributed by atoms with van der Waals surface area (Å²) < 4.78 is 5.29. The Hall–Kier alpha value is -1.78. The van der Waals surface area contributed by atoms with Crippen LogP contribution in [0.3, 0.4) is 0 Å². The molecule has 2 rings (SSSR count). The van der Waals surface area contributed by atoms with Gasteiger partial charge in [0.05, 0.1) is 10.0 Å². The number of hydrogen-bond acceptors (Lipinski definition) is 3. The van der Waals surface area contributed by atoms with Crippen LogP contribution in [0.15, 0.2) is 42.6 Å². The maximum Gasteiger partial charge on any atom is 0.263 e. The third kappa shape index (κ3) is 4.12. The predicted molar refractivity (Wildman–Crippen MR) is 74.8 cm³/mol. The van der Waals surface area contributed by atoms with Crippen molar-refractivity contribution in [1.29, 1.82) is 0 Å². The lowest BCUT2D eigenvalue weighted by Crippen LogP contribution is -2.20. The van der Waals surface area contributed by atoms with Crippen LogP contribution in [0, 0.1) is 0 Å². The number of halogens is 2. The minimum Gasteiger partial charge on any atom is -0.484 e. The average molecular weight is 297 g/mol. The molecule has 0 saturated carbocycles. The van der Waals surface area contributed by atoms with Crippen LogP contribution in [-0.4, -0.2) is 17.5 Å². The van der Waals surface area contributed by atoms with Gasteiger partial charge in [-0.2, -0.15) is 0 Å². The van der Waals surface area contributed by atoms with Gasteiger partial charge in [-0.3, -0.25) is 4.79 Å². The SMILES string of the molecule is O=C(COc1ccc(Cl)c(Cl)c1)Nc1ccccn1. The van der Waals surface area contributed by atoms with Crippen LogP contribution < -0.4 is 10.1 Å². The summed E-state index contributed by atoms with van der Waals surface area (Å²) in [4.78, 5) is 15.6. The number of ether oxygens (including phenoxy) is 1.